The summed E-state index contributed by atoms with van der Waals surface area (Å²) in [4.78, 5) is 26.6. The lowest BCUT2D eigenvalue weighted by atomic mass is 10.2. The SMILES string of the molecule is CC(C)COC(=O)N1CCCN(c2ccc(Br)cc2[N+](=O)[O-])CC1. The van der Waals surface area contributed by atoms with Crippen LogP contribution in [0.5, 0.6) is 0 Å². The largest absolute Gasteiger partial charge is 0.449 e. The number of hydrogen-bond donors (Lipinski definition) is 0. The number of carbonyl (C=O) groups is 1. The van der Waals surface area contributed by atoms with E-state index in [1.54, 1.807) is 17.0 Å². The molecule has 0 unspecified atom stereocenters. The van der Waals surface area contributed by atoms with Gasteiger partial charge >= 0.3 is 6.09 Å². The summed E-state index contributed by atoms with van der Waals surface area (Å²) < 4.78 is 5.94. The lowest BCUT2D eigenvalue weighted by Crippen LogP contribution is -2.36. The van der Waals surface area contributed by atoms with Gasteiger partial charge in [0, 0.05) is 36.7 Å². The van der Waals surface area contributed by atoms with E-state index < -0.39 is 0 Å². The molecule has 1 aromatic rings. The van der Waals surface area contributed by atoms with Gasteiger partial charge in [0.15, 0.2) is 0 Å². The zero-order valence-electron chi connectivity index (χ0n) is 13.9. The van der Waals surface area contributed by atoms with Crippen LogP contribution in [0.3, 0.4) is 0 Å². The monoisotopic (exact) mass is 399 g/mol. The van der Waals surface area contributed by atoms with E-state index in [4.69, 9.17) is 4.74 Å². The highest BCUT2D eigenvalue weighted by molar-refractivity contribution is 9.10. The van der Waals surface area contributed by atoms with Crippen molar-refractivity contribution in [3.05, 3.63) is 32.8 Å². The van der Waals surface area contributed by atoms with Crippen LogP contribution in [-0.2, 0) is 4.74 Å². The Labute approximate surface area is 149 Å². The summed E-state index contributed by atoms with van der Waals surface area (Å²) in [6, 6.07) is 5.05. The number of rotatable bonds is 4. The van der Waals surface area contributed by atoms with Gasteiger partial charge in [-0.05, 0) is 24.5 Å². The van der Waals surface area contributed by atoms with Gasteiger partial charge in [-0.15, -0.1) is 0 Å². The highest BCUT2D eigenvalue weighted by atomic mass is 79.9. The summed E-state index contributed by atoms with van der Waals surface area (Å²) in [6.45, 7) is 6.67. The first-order valence-corrected chi connectivity index (χ1v) is 8.78. The number of anilines is 1. The molecule has 0 atom stereocenters. The van der Waals surface area contributed by atoms with Gasteiger partial charge in [-0.25, -0.2) is 4.79 Å². The van der Waals surface area contributed by atoms with Gasteiger partial charge in [0.25, 0.3) is 5.69 Å². The molecule has 1 fully saturated rings. The number of carbonyl (C=O) groups excluding carboxylic acids is 1. The molecule has 0 aromatic heterocycles. The van der Waals surface area contributed by atoms with E-state index in [-0.39, 0.29) is 16.7 Å². The second-order valence-electron chi connectivity index (χ2n) is 6.19. The summed E-state index contributed by atoms with van der Waals surface area (Å²) in [7, 11) is 0. The fourth-order valence-corrected chi connectivity index (χ4v) is 2.93. The molecule has 1 heterocycles. The van der Waals surface area contributed by atoms with Crippen molar-refractivity contribution in [2.75, 3.05) is 37.7 Å². The second-order valence-corrected chi connectivity index (χ2v) is 7.10. The first-order valence-electron chi connectivity index (χ1n) is 7.99. The molecule has 1 amide bonds. The number of benzene rings is 1. The zero-order valence-corrected chi connectivity index (χ0v) is 15.5. The van der Waals surface area contributed by atoms with Crippen LogP contribution in [0.4, 0.5) is 16.2 Å². The Morgan fingerprint density at radius 1 is 1.33 bits per heavy atom. The van der Waals surface area contributed by atoms with E-state index in [2.05, 4.69) is 15.9 Å². The van der Waals surface area contributed by atoms with Crippen LogP contribution < -0.4 is 4.90 Å². The molecule has 0 radical (unpaired) electrons. The maximum Gasteiger partial charge on any atom is 0.409 e. The van der Waals surface area contributed by atoms with Gasteiger partial charge in [-0.3, -0.25) is 10.1 Å². The number of nitrogens with zero attached hydrogens (tertiary/aromatic N) is 3. The van der Waals surface area contributed by atoms with Crippen molar-refractivity contribution in [3.8, 4) is 0 Å². The van der Waals surface area contributed by atoms with E-state index in [1.807, 2.05) is 18.7 Å². The van der Waals surface area contributed by atoms with E-state index in [1.165, 1.54) is 6.07 Å². The molecule has 8 heteroatoms. The maximum absolute atomic E-state index is 12.1. The molecule has 1 aromatic carbocycles. The van der Waals surface area contributed by atoms with Crippen LogP contribution in [0.1, 0.15) is 20.3 Å². The smallest absolute Gasteiger partial charge is 0.409 e. The Morgan fingerprint density at radius 2 is 2.08 bits per heavy atom. The minimum absolute atomic E-state index is 0.0696. The topological polar surface area (TPSA) is 75.9 Å². The molecule has 1 saturated heterocycles. The lowest BCUT2D eigenvalue weighted by Gasteiger charge is -2.23. The Bertz CT molecular complexity index is 609. The maximum atomic E-state index is 12.1. The minimum atomic E-state index is -0.375. The predicted molar refractivity (Wildman–Crippen MR) is 95.4 cm³/mol. The molecule has 7 nitrogen and oxygen atoms in total. The molecular formula is C16H22BrN3O4. The Hall–Kier alpha value is -1.83. The van der Waals surface area contributed by atoms with E-state index in [9.17, 15) is 14.9 Å². The van der Waals surface area contributed by atoms with Crippen molar-refractivity contribution in [1.82, 2.24) is 4.90 Å². The van der Waals surface area contributed by atoms with Crippen molar-refractivity contribution in [2.45, 2.75) is 20.3 Å². The standard InChI is InChI=1S/C16H22BrN3O4/c1-12(2)11-24-16(21)19-7-3-6-18(8-9-19)14-5-4-13(17)10-15(14)20(22)23/h4-5,10,12H,3,6-9,11H2,1-2H3. The van der Waals surface area contributed by atoms with Gasteiger partial charge in [0.2, 0.25) is 0 Å². The van der Waals surface area contributed by atoms with Crippen LogP contribution in [0.25, 0.3) is 0 Å². The van der Waals surface area contributed by atoms with Crippen LogP contribution in [0.2, 0.25) is 0 Å². The van der Waals surface area contributed by atoms with E-state index >= 15 is 0 Å². The van der Waals surface area contributed by atoms with Gasteiger partial charge in [-0.1, -0.05) is 29.8 Å². The number of ether oxygens (including phenoxy) is 1. The summed E-state index contributed by atoms with van der Waals surface area (Å²) >= 11 is 3.27. The molecule has 1 aliphatic rings. The van der Waals surface area contributed by atoms with Crippen LogP contribution >= 0.6 is 15.9 Å². The van der Waals surface area contributed by atoms with Gasteiger partial charge in [0.1, 0.15) is 5.69 Å². The molecule has 0 N–H and O–H groups in total. The third kappa shape index (κ3) is 4.83. The molecule has 24 heavy (non-hydrogen) atoms. The Morgan fingerprint density at radius 3 is 2.75 bits per heavy atom. The second kappa shape index (κ2) is 8.32. The summed E-state index contributed by atoms with van der Waals surface area (Å²) in [5.74, 6) is 0.294. The zero-order chi connectivity index (χ0) is 17.7. The molecule has 1 aliphatic heterocycles. The summed E-state index contributed by atoms with van der Waals surface area (Å²) in [6.07, 6.45) is 0.431. The van der Waals surface area contributed by atoms with Crippen molar-refractivity contribution in [1.29, 1.82) is 0 Å². The van der Waals surface area contributed by atoms with Gasteiger partial charge < -0.3 is 14.5 Å². The summed E-state index contributed by atoms with van der Waals surface area (Å²) in [5, 5.41) is 11.3. The molecule has 0 saturated carbocycles. The van der Waals surface area contributed by atoms with Gasteiger partial charge in [-0.2, -0.15) is 0 Å². The molecule has 132 valence electrons. The van der Waals surface area contributed by atoms with Crippen molar-refractivity contribution in [2.24, 2.45) is 5.92 Å². The quantitative estimate of drug-likeness (QED) is 0.570. The molecule has 0 bridgehead atoms. The molecule has 0 aliphatic carbocycles. The van der Waals surface area contributed by atoms with Crippen molar-refractivity contribution >= 4 is 33.4 Å². The lowest BCUT2D eigenvalue weighted by molar-refractivity contribution is -0.384. The molecular weight excluding hydrogens is 378 g/mol. The van der Waals surface area contributed by atoms with Crippen LogP contribution in [-0.4, -0.2) is 48.7 Å². The van der Waals surface area contributed by atoms with Gasteiger partial charge in [0.05, 0.1) is 11.5 Å². The van der Waals surface area contributed by atoms with Crippen molar-refractivity contribution in [3.63, 3.8) is 0 Å². The highest BCUT2D eigenvalue weighted by Crippen LogP contribution is 2.31. The Balaban J connectivity index is 2.06. The Kier molecular flexibility index (Phi) is 6.42. The van der Waals surface area contributed by atoms with E-state index in [0.717, 1.165) is 6.42 Å². The van der Waals surface area contributed by atoms with Crippen molar-refractivity contribution < 1.29 is 14.5 Å². The first kappa shape index (κ1) is 18.5. The predicted octanol–water partition coefficient (Wildman–Crippen LogP) is 3.66. The number of nitro benzene ring substituents is 1. The fourth-order valence-electron chi connectivity index (χ4n) is 2.58. The number of halogens is 1. The average molecular weight is 400 g/mol. The molecule has 2 rings (SSSR count). The number of amides is 1. The van der Waals surface area contributed by atoms with E-state index in [0.29, 0.717) is 48.9 Å². The fraction of sp³-hybridized carbons (Fsp3) is 0.562. The third-order valence-electron chi connectivity index (χ3n) is 3.77. The first-order chi connectivity index (χ1) is 11.4. The molecule has 0 spiro atoms. The normalized spacial score (nSPS) is 15.3. The van der Waals surface area contributed by atoms with Crippen LogP contribution in [0, 0.1) is 16.0 Å². The highest BCUT2D eigenvalue weighted by Gasteiger charge is 2.24. The minimum Gasteiger partial charge on any atom is -0.449 e. The number of hydrogen-bond acceptors (Lipinski definition) is 5. The van der Waals surface area contributed by atoms with Crippen LogP contribution in [0.15, 0.2) is 22.7 Å². The summed E-state index contributed by atoms with van der Waals surface area (Å²) in [5.41, 5.74) is 0.654. The average Bonchev–Trinajstić information content (AvgIpc) is 2.78. The number of nitro groups is 1. The third-order valence-corrected chi connectivity index (χ3v) is 4.26.